The predicted octanol–water partition coefficient (Wildman–Crippen LogP) is 0.360. The summed E-state index contributed by atoms with van der Waals surface area (Å²) in [5, 5.41) is 13.4. The third-order valence-corrected chi connectivity index (χ3v) is 3.92. The largest absolute Gasteiger partial charge is 1.00 e. The van der Waals surface area contributed by atoms with Gasteiger partial charge in [0.25, 0.3) is 0 Å². The van der Waals surface area contributed by atoms with Gasteiger partial charge in [0.05, 0.1) is 6.10 Å². The number of benzene rings is 2. The molecule has 0 aromatic heterocycles. The van der Waals surface area contributed by atoms with E-state index in [0.717, 1.165) is 25.2 Å². The first kappa shape index (κ1) is 19.5. The molecule has 0 radical (unpaired) electrons. The Labute approximate surface area is 145 Å². The smallest absolute Gasteiger partial charge is 0.0914 e. The number of rotatable bonds is 8. The van der Waals surface area contributed by atoms with Crippen LogP contribution in [0, 0.1) is 0 Å². The summed E-state index contributed by atoms with van der Waals surface area (Å²) in [5.74, 6) is 0. The van der Waals surface area contributed by atoms with E-state index in [1.807, 2.05) is 30.3 Å². The summed E-state index contributed by atoms with van der Waals surface area (Å²) in [6, 6.07) is 18.4. The highest BCUT2D eigenvalue weighted by molar-refractivity contribution is 5.47. The zero-order valence-corrected chi connectivity index (χ0v) is 14.6. The molecule has 0 heterocycles. The second-order valence-electron chi connectivity index (χ2n) is 5.40. The molecule has 1 atom stereocenters. The molecule has 0 aliphatic carbocycles. The average molecular weight is 334 g/mol. The Bertz CT molecular complexity index is 541. The third kappa shape index (κ3) is 5.87. The normalized spacial score (nSPS) is 11.6. The highest BCUT2D eigenvalue weighted by Crippen LogP contribution is 2.15. The van der Waals surface area contributed by atoms with E-state index in [4.69, 9.17) is 0 Å². The van der Waals surface area contributed by atoms with Crippen LogP contribution in [0.2, 0.25) is 0 Å². The van der Waals surface area contributed by atoms with Gasteiger partial charge in [-0.05, 0) is 37.1 Å². The van der Waals surface area contributed by atoms with Crippen molar-refractivity contribution in [2.24, 2.45) is 0 Å². The van der Waals surface area contributed by atoms with Crippen LogP contribution >= 0.6 is 0 Å². The molecule has 0 aliphatic rings. The lowest BCUT2D eigenvalue weighted by molar-refractivity contribution is -0.00000627. The molecule has 2 aromatic carbocycles. The molecule has 0 bridgehead atoms. The Hall–Kier alpha value is -1.55. The Kier molecular flexibility index (Phi) is 8.70. The summed E-state index contributed by atoms with van der Waals surface area (Å²) in [4.78, 5) is 2.33. The Balaban J connectivity index is 0.00000264. The Morgan fingerprint density at radius 3 is 2.13 bits per heavy atom. The summed E-state index contributed by atoms with van der Waals surface area (Å²) >= 11 is 0. The van der Waals surface area contributed by atoms with Crippen LogP contribution in [-0.2, 0) is 6.54 Å². The minimum Gasteiger partial charge on any atom is -1.00 e. The monoisotopic (exact) mass is 333 g/mol. The molecule has 2 aromatic rings. The summed E-state index contributed by atoms with van der Waals surface area (Å²) in [6.45, 7) is 7.72. The molecule has 3 nitrogen and oxygen atoms in total. The fraction of sp³-hybridized carbons (Fsp3) is 0.368. The van der Waals surface area contributed by atoms with Gasteiger partial charge in [-0.3, -0.25) is 0 Å². The lowest BCUT2D eigenvalue weighted by atomic mass is 10.1. The van der Waals surface area contributed by atoms with Gasteiger partial charge in [0.2, 0.25) is 0 Å². The molecule has 1 unspecified atom stereocenters. The van der Waals surface area contributed by atoms with Crippen molar-refractivity contribution in [1.29, 1.82) is 0 Å². The molecular weight excluding hydrogens is 308 g/mol. The molecule has 0 aliphatic heterocycles. The molecular formula is C19H26ClN2O-. The van der Waals surface area contributed by atoms with E-state index in [1.165, 1.54) is 11.3 Å². The molecule has 126 valence electrons. The van der Waals surface area contributed by atoms with E-state index in [0.29, 0.717) is 6.54 Å². The second-order valence-corrected chi connectivity index (χ2v) is 5.40. The highest BCUT2D eigenvalue weighted by Gasteiger charge is 2.06. The second kappa shape index (κ2) is 10.3. The van der Waals surface area contributed by atoms with Crippen LogP contribution in [0.15, 0.2) is 54.6 Å². The maximum Gasteiger partial charge on any atom is 0.0914 e. The molecule has 0 spiro atoms. The Morgan fingerprint density at radius 1 is 0.957 bits per heavy atom. The first-order chi connectivity index (χ1) is 10.7. The van der Waals surface area contributed by atoms with Crippen LogP contribution in [0.1, 0.15) is 31.1 Å². The highest BCUT2D eigenvalue weighted by atomic mass is 35.5. The SMILES string of the molecule is CCN(CC)c1ccc(CNCC(O)c2ccccc2)cc1.[Cl-]. The lowest BCUT2D eigenvalue weighted by Gasteiger charge is -2.21. The van der Waals surface area contributed by atoms with Crippen LogP contribution in [0.4, 0.5) is 5.69 Å². The Morgan fingerprint density at radius 2 is 1.57 bits per heavy atom. The first-order valence-corrected chi connectivity index (χ1v) is 8.02. The maximum absolute atomic E-state index is 10.1. The number of aliphatic hydroxyl groups excluding tert-OH is 1. The summed E-state index contributed by atoms with van der Waals surface area (Å²) in [7, 11) is 0. The van der Waals surface area contributed by atoms with E-state index in [2.05, 4.69) is 48.3 Å². The van der Waals surface area contributed by atoms with Crippen molar-refractivity contribution in [3.63, 3.8) is 0 Å². The molecule has 0 fully saturated rings. The quantitative estimate of drug-likeness (QED) is 0.732. The van der Waals surface area contributed by atoms with Gasteiger partial charge in [-0.1, -0.05) is 42.5 Å². The molecule has 0 saturated heterocycles. The van der Waals surface area contributed by atoms with Crippen LogP contribution in [-0.4, -0.2) is 24.7 Å². The van der Waals surface area contributed by atoms with Crippen LogP contribution in [0.3, 0.4) is 0 Å². The maximum atomic E-state index is 10.1. The van der Waals surface area contributed by atoms with Crippen molar-refractivity contribution >= 4 is 5.69 Å². The van der Waals surface area contributed by atoms with Crippen molar-refractivity contribution in [1.82, 2.24) is 5.32 Å². The van der Waals surface area contributed by atoms with Gasteiger partial charge in [-0.2, -0.15) is 0 Å². The number of nitrogens with zero attached hydrogens (tertiary/aromatic N) is 1. The zero-order chi connectivity index (χ0) is 15.8. The van der Waals surface area contributed by atoms with E-state index in [1.54, 1.807) is 0 Å². The number of hydrogen-bond acceptors (Lipinski definition) is 3. The van der Waals surface area contributed by atoms with Gasteiger partial charge < -0.3 is 27.7 Å². The van der Waals surface area contributed by atoms with E-state index in [-0.39, 0.29) is 12.4 Å². The van der Waals surface area contributed by atoms with Crippen molar-refractivity contribution in [3.8, 4) is 0 Å². The van der Waals surface area contributed by atoms with E-state index in [9.17, 15) is 5.11 Å². The predicted molar refractivity (Wildman–Crippen MR) is 93.1 cm³/mol. The minimum atomic E-state index is -0.462. The molecule has 23 heavy (non-hydrogen) atoms. The zero-order valence-electron chi connectivity index (χ0n) is 13.9. The third-order valence-electron chi connectivity index (χ3n) is 3.92. The summed E-state index contributed by atoms with van der Waals surface area (Å²) in [6.07, 6.45) is -0.462. The van der Waals surface area contributed by atoms with Gasteiger partial charge in [0.1, 0.15) is 0 Å². The number of nitrogens with one attached hydrogen (secondary N) is 1. The average Bonchev–Trinajstić information content (AvgIpc) is 2.58. The number of aliphatic hydroxyl groups is 1. The first-order valence-electron chi connectivity index (χ1n) is 8.02. The van der Waals surface area contributed by atoms with E-state index < -0.39 is 6.10 Å². The topological polar surface area (TPSA) is 35.5 Å². The summed E-state index contributed by atoms with van der Waals surface area (Å²) < 4.78 is 0. The van der Waals surface area contributed by atoms with Gasteiger partial charge >= 0.3 is 0 Å². The number of halogens is 1. The summed E-state index contributed by atoms with van der Waals surface area (Å²) in [5.41, 5.74) is 3.45. The minimum absolute atomic E-state index is 0. The van der Waals surface area contributed by atoms with Gasteiger partial charge in [-0.15, -0.1) is 0 Å². The molecule has 0 amide bonds. The fourth-order valence-corrected chi connectivity index (χ4v) is 2.56. The van der Waals surface area contributed by atoms with Gasteiger partial charge in [0.15, 0.2) is 0 Å². The molecule has 2 N–H and O–H groups in total. The molecule has 0 saturated carbocycles. The van der Waals surface area contributed by atoms with Crippen LogP contribution < -0.4 is 22.6 Å². The lowest BCUT2D eigenvalue weighted by Crippen LogP contribution is -3.00. The standard InChI is InChI=1S/C19H26N2O.ClH/c1-3-21(4-2)18-12-10-16(11-13-18)14-20-15-19(22)17-8-6-5-7-9-17;/h5-13,19-20,22H,3-4,14-15H2,1-2H3;1H/p-1. The van der Waals surface area contributed by atoms with Crippen molar-refractivity contribution in [3.05, 3.63) is 65.7 Å². The number of anilines is 1. The van der Waals surface area contributed by atoms with Crippen molar-refractivity contribution in [2.45, 2.75) is 26.5 Å². The number of hydrogen-bond donors (Lipinski definition) is 2. The molecule has 2 rings (SSSR count). The van der Waals surface area contributed by atoms with Crippen LogP contribution in [0.5, 0.6) is 0 Å². The fourth-order valence-electron chi connectivity index (χ4n) is 2.56. The van der Waals surface area contributed by atoms with Crippen LogP contribution in [0.25, 0.3) is 0 Å². The van der Waals surface area contributed by atoms with Gasteiger partial charge in [0, 0.05) is 31.9 Å². The molecule has 4 heteroatoms. The van der Waals surface area contributed by atoms with Gasteiger partial charge in [-0.25, -0.2) is 0 Å². The van der Waals surface area contributed by atoms with Crippen molar-refractivity contribution in [2.75, 3.05) is 24.5 Å². The van der Waals surface area contributed by atoms with Crippen molar-refractivity contribution < 1.29 is 17.5 Å². The van der Waals surface area contributed by atoms with E-state index >= 15 is 0 Å².